The molecule has 1 heterocycles. The van der Waals surface area contributed by atoms with Crippen LogP contribution >= 0.6 is 0 Å². The molecule has 0 radical (unpaired) electrons. The molecular formula is C19H21N3O3. The van der Waals surface area contributed by atoms with Crippen molar-refractivity contribution in [3.63, 3.8) is 0 Å². The van der Waals surface area contributed by atoms with Crippen LogP contribution in [0.1, 0.15) is 62.0 Å². The molecule has 4 N–H and O–H groups in total. The number of carbonyl (C=O) groups is 2. The minimum atomic E-state index is -0.769. The van der Waals surface area contributed by atoms with Crippen molar-refractivity contribution in [2.75, 3.05) is 0 Å². The van der Waals surface area contributed by atoms with Gasteiger partial charge in [0.05, 0.1) is 6.04 Å². The quantitative estimate of drug-likeness (QED) is 0.795. The zero-order valence-electron chi connectivity index (χ0n) is 14.3. The first kappa shape index (κ1) is 17.0. The molecule has 3 rings (SSSR count). The van der Waals surface area contributed by atoms with Gasteiger partial charge in [-0.3, -0.25) is 14.4 Å². The monoisotopic (exact) mass is 339 g/mol. The lowest BCUT2D eigenvalue weighted by Gasteiger charge is -2.26. The average Bonchev–Trinajstić information content (AvgIpc) is 2.53. The van der Waals surface area contributed by atoms with Crippen LogP contribution < -0.4 is 16.6 Å². The van der Waals surface area contributed by atoms with E-state index >= 15 is 0 Å². The highest BCUT2D eigenvalue weighted by Gasteiger charge is 2.25. The zero-order chi connectivity index (χ0) is 18.1. The van der Waals surface area contributed by atoms with Gasteiger partial charge in [0, 0.05) is 11.3 Å². The van der Waals surface area contributed by atoms with Crippen molar-refractivity contribution in [1.29, 1.82) is 0 Å². The van der Waals surface area contributed by atoms with Gasteiger partial charge in [-0.15, -0.1) is 0 Å². The number of aromatic amines is 1. The second-order valence-corrected chi connectivity index (χ2v) is 6.60. The van der Waals surface area contributed by atoms with Crippen LogP contribution in [0.4, 0.5) is 0 Å². The number of benzene rings is 1. The predicted molar refractivity (Wildman–Crippen MR) is 94.6 cm³/mol. The van der Waals surface area contributed by atoms with E-state index in [0.29, 0.717) is 12.0 Å². The Balaban J connectivity index is 1.92. The molecular weight excluding hydrogens is 318 g/mol. The van der Waals surface area contributed by atoms with Crippen molar-refractivity contribution in [3.8, 4) is 0 Å². The standard InChI is InChI=1S/C19H21N3O3/c1-10-6-11(2)8-12(7-10)18(24)21-15-4-3-5-16-13(15)9-14(17(20)23)19(25)22-16/h6-9,15H,3-5H2,1-2H3,(H2,20,23)(H,21,24)(H,22,25). The summed E-state index contributed by atoms with van der Waals surface area (Å²) >= 11 is 0. The third kappa shape index (κ3) is 3.47. The smallest absolute Gasteiger partial charge is 0.261 e. The maximum Gasteiger partial charge on any atom is 0.261 e. The molecule has 0 spiro atoms. The van der Waals surface area contributed by atoms with Gasteiger partial charge in [-0.25, -0.2) is 0 Å². The third-order valence-electron chi connectivity index (χ3n) is 4.51. The Labute approximate surface area is 145 Å². The lowest BCUT2D eigenvalue weighted by atomic mass is 9.90. The number of hydrogen-bond donors (Lipinski definition) is 3. The Kier molecular flexibility index (Phi) is 4.44. The third-order valence-corrected chi connectivity index (χ3v) is 4.51. The van der Waals surface area contributed by atoms with E-state index in [9.17, 15) is 14.4 Å². The summed E-state index contributed by atoms with van der Waals surface area (Å²) in [7, 11) is 0. The van der Waals surface area contributed by atoms with Crippen molar-refractivity contribution in [2.24, 2.45) is 5.73 Å². The zero-order valence-corrected chi connectivity index (χ0v) is 14.3. The summed E-state index contributed by atoms with van der Waals surface area (Å²) in [5, 5.41) is 3.02. The lowest BCUT2D eigenvalue weighted by molar-refractivity contribution is 0.0932. The van der Waals surface area contributed by atoms with Crippen molar-refractivity contribution < 1.29 is 9.59 Å². The molecule has 0 fully saturated rings. The van der Waals surface area contributed by atoms with E-state index in [0.717, 1.165) is 35.2 Å². The maximum atomic E-state index is 12.6. The Morgan fingerprint density at radius 1 is 1.16 bits per heavy atom. The van der Waals surface area contributed by atoms with Gasteiger partial charge in [0.2, 0.25) is 0 Å². The van der Waals surface area contributed by atoms with Crippen LogP contribution in [0.5, 0.6) is 0 Å². The number of pyridine rings is 1. The summed E-state index contributed by atoms with van der Waals surface area (Å²) in [5.41, 5.74) is 8.88. The van der Waals surface area contributed by atoms with Crippen LogP contribution in [0.2, 0.25) is 0 Å². The molecule has 1 aromatic carbocycles. The minimum absolute atomic E-state index is 0.0775. The number of rotatable bonds is 3. The molecule has 1 aliphatic carbocycles. The molecule has 25 heavy (non-hydrogen) atoms. The number of aryl methyl sites for hydroxylation is 3. The van der Waals surface area contributed by atoms with Crippen molar-refractivity contribution in [2.45, 2.75) is 39.2 Å². The summed E-state index contributed by atoms with van der Waals surface area (Å²) in [6, 6.07) is 6.95. The highest BCUT2D eigenvalue weighted by molar-refractivity contribution is 5.95. The second kappa shape index (κ2) is 6.55. The fourth-order valence-electron chi connectivity index (χ4n) is 3.42. The Morgan fingerprint density at radius 2 is 1.84 bits per heavy atom. The van der Waals surface area contributed by atoms with Crippen LogP contribution in [0.15, 0.2) is 29.1 Å². The van der Waals surface area contributed by atoms with E-state index in [4.69, 9.17) is 5.73 Å². The first-order chi connectivity index (χ1) is 11.8. The molecule has 0 saturated heterocycles. The Morgan fingerprint density at radius 3 is 2.48 bits per heavy atom. The van der Waals surface area contributed by atoms with Gasteiger partial charge in [-0.2, -0.15) is 0 Å². The number of amides is 2. The molecule has 0 saturated carbocycles. The molecule has 1 aliphatic rings. The molecule has 0 aliphatic heterocycles. The number of primary amides is 1. The van der Waals surface area contributed by atoms with Gasteiger partial charge >= 0.3 is 0 Å². The van der Waals surface area contributed by atoms with Crippen LogP contribution in [0.25, 0.3) is 0 Å². The molecule has 6 heteroatoms. The van der Waals surface area contributed by atoms with Crippen molar-refractivity contribution >= 4 is 11.8 Å². The molecule has 130 valence electrons. The summed E-state index contributed by atoms with van der Waals surface area (Å²) in [5.74, 6) is -0.939. The van der Waals surface area contributed by atoms with Gasteiger partial charge < -0.3 is 16.0 Å². The van der Waals surface area contributed by atoms with Crippen LogP contribution in [-0.4, -0.2) is 16.8 Å². The minimum Gasteiger partial charge on any atom is -0.365 e. The molecule has 1 aromatic heterocycles. The van der Waals surface area contributed by atoms with Gasteiger partial charge in [0.1, 0.15) is 5.56 Å². The summed E-state index contributed by atoms with van der Waals surface area (Å²) in [4.78, 5) is 38.7. The Hall–Kier alpha value is -2.89. The molecule has 1 unspecified atom stereocenters. The SMILES string of the molecule is Cc1cc(C)cc(C(=O)NC2CCCc3[nH]c(=O)c(C(N)=O)cc32)c1. The normalized spacial score (nSPS) is 16.2. The number of fused-ring (bicyclic) bond motifs is 1. The highest BCUT2D eigenvalue weighted by Crippen LogP contribution is 2.28. The molecule has 2 amide bonds. The predicted octanol–water partition coefficient (Wildman–Crippen LogP) is 1.90. The first-order valence-electron chi connectivity index (χ1n) is 8.30. The number of carbonyl (C=O) groups excluding carboxylic acids is 2. The second-order valence-electron chi connectivity index (χ2n) is 6.60. The van der Waals surface area contributed by atoms with E-state index in [1.54, 1.807) is 0 Å². The van der Waals surface area contributed by atoms with E-state index in [1.165, 1.54) is 6.07 Å². The topological polar surface area (TPSA) is 105 Å². The van der Waals surface area contributed by atoms with Gasteiger partial charge in [-0.1, -0.05) is 17.2 Å². The first-order valence-corrected chi connectivity index (χ1v) is 8.30. The number of nitrogens with one attached hydrogen (secondary N) is 2. The molecule has 2 aromatic rings. The molecule has 0 bridgehead atoms. The van der Waals surface area contributed by atoms with E-state index < -0.39 is 11.5 Å². The molecule has 6 nitrogen and oxygen atoms in total. The highest BCUT2D eigenvalue weighted by atomic mass is 16.2. The summed E-state index contributed by atoms with van der Waals surface area (Å²) in [6.07, 6.45) is 2.30. The lowest BCUT2D eigenvalue weighted by Crippen LogP contribution is -2.34. The van der Waals surface area contributed by atoms with Gasteiger partial charge in [-0.05, 0) is 56.9 Å². The Bertz CT molecular complexity index is 894. The van der Waals surface area contributed by atoms with Gasteiger partial charge in [0.15, 0.2) is 0 Å². The summed E-state index contributed by atoms with van der Waals surface area (Å²) in [6.45, 7) is 3.90. The number of hydrogen-bond acceptors (Lipinski definition) is 3. The summed E-state index contributed by atoms with van der Waals surface area (Å²) < 4.78 is 0. The fourth-order valence-corrected chi connectivity index (χ4v) is 3.42. The number of aromatic nitrogens is 1. The number of H-pyrrole nitrogens is 1. The van der Waals surface area contributed by atoms with E-state index in [1.807, 2.05) is 32.0 Å². The van der Waals surface area contributed by atoms with E-state index in [-0.39, 0.29) is 17.5 Å². The van der Waals surface area contributed by atoms with Crippen molar-refractivity contribution in [1.82, 2.24) is 10.3 Å². The maximum absolute atomic E-state index is 12.6. The van der Waals surface area contributed by atoms with Gasteiger partial charge in [0.25, 0.3) is 17.4 Å². The van der Waals surface area contributed by atoms with E-state index in [2.05, 4.69) is 10.3 Å². The number of nitrogens with two attached hydrogens (primary N) is 1. The van der Waals surface area contributed by atoms with Crippen LogP contribution in [-0.2, 0) is 6.42 Å². The van der Waals surface area contributed by atoms with Crippen LogP contribution in [0.3, 0.4) is 0 Å². The molecule has 1 atom stereocenters. The van der Waals surface area contributed by atoms with Crippen molar-refractivity contribution in [3.05, 3.63) is 68.1 Å². The van der Waals surface area contributed by atoms with Crippen LogP contribution in [0, 0.1) is 13.8 Å². The largest absolute Gasteiger partial charge is 0.365 e. The fraction of sp³-hybridized carbons (Fsp3) is 0.316. The average molecular weight is 339 g/mol.